The summed E-state index contributed by atoms with van der Waals surface area (Å²) in [4.78, 5) is 13.9. The largest absolute Gasteiger partial charge is 0.298 e. The van der Waals surface area contributed by atoms with Gasteiger partial charge in [0.25, 0.3) is 0 Å². The average Bonchev–Trinajstić information content (AvgIpc) is 3.13. The highest BCUT2D eigenvalue weighted by Gasteiger charge is 2.17. The summed E-state index contributed by atoms with van der Waals surface area (Å²) in [5.74, 6) is 0. The zero-order valence-electron chi connectivity index (χ0n) is 15.6. The minimum absolute atomic E-state index is 0.133. The second kappa shape index (κ2) is 5.61. The predicted octanol–water partition coefficient (Wildman–Crippen LogP) is 5.42. The van der Waals surface area contributed by atoms with Gasteiger partial charge in [0.1, 0.15) is 6.33 Å². The minimum atomic E-state index is 0.133. The fourth-order valence-corrected chi connectivity index (χ4v) is 3.69. The number of hydrogen-bond acceptors (Lipinski definition) is 3. The average molecular weight is 352 g/mol. The first-order chi connectivity index (χ1) is 13.0. The molecule has 132 valence electrons. The lowest BCUT2D eigenvalue weighted by Crippen LogP contribution is -2.10. The molecule has 0 fully saturated rings. The van der Waals surface area contributed by atoms with Crippen molar-refractivity contribution < 1.29 is 0 Å². The number of nitrogens with zero attached hydrogens (tertiary/aromatic N) is 4. The van der Waals surface area contributed by atoms with E-state index in [2.05, 4.69) is 71.7 Å². The smallest absolute Gasteiger partial charge is 0.100 e. The van der Waals surface area contributed by atoms with E-state index in [1.807, 2.05) is 30.9 Å². The molecule has 4 heteroatoms. The first-order valence-corrected chi connectivity index (χ1v) is 9.13. The Morgan fingerprint density at radius 1 is 0.704 bits per heavy atom. The van der Waals surface area contributed by atoms with Crippen LogP contribution in [0, 0.1) is 0 Å². The van der Waals surface area contributed by atoms with Crippen molar-refractivity contribution in [2.45, 2.75) is 26.2 Å². The van der Waals surface area contributed by atoms with Crippen molar-refractivity contribution in [2.75, 3.05) is 0 Å². The van der Waals surface area contributed by atoms with Gasteiger partial charge in [-0.25, -0.2) is 4.98 Å². The van der Waals surface area contributed by atoms with Gasteiger partial charge >= 0.3 is 0 Å². The van der Waals surface area contributed by atoms with Crippen LogP contribution in [-0.2, 0) is 5.41 Å². The van der Waals surface area contributed by atoms with Crippen LogP contribution in [0.5, 0.6) is 0 Å². The molecule has 0 aliphatic rings. The zero-order chi connectivity index (χ0) is 18.6. The van der Waals surface area contributed by atoms with Crippen molar-refractivity contribution in [2.24, 2.45) is 0 Å². The lowest BCUT2D eigenvalue weighted by Gasteiger charge is -2.19. The van der Waals surface area contributed by atoms with Crippen molar-refractivity contribution in [1.82, 2.24) is 19.5 Å². The Bertz CT molecular complexity index is 1290. The molecule has 0 aliphatic carbocycles. The topological polar surface area (TPSA) is 43.6 Å². The molecule has 0 atom stereocenters. The molecule has 3 heterocycles. The number of hydrogen-bond donors (Lipinski definition) is 0. The van der Waals surface area contributed by atoms with Crippen LogP contribution >= 0.6 is 0 Å². The van der Waals surface area contributed by atoms with E-state index in [0.717, 1.165) is 38.5 Å². The van der Waals surface area contributed by atoms with Crippen molar-refractivity contribution in [3.63, 3.8) is 0 Å². The molecule has 0 amide bonds. The Labute approximate surface area is 157 Å². The van der Waals surface area contributed by atoms with Gasteiger partial charge < -0.3 is 0 Å². The van der Waals surface area contributed by atoms with Gasteiger partial charge in [-0.2, -0.15) is 0 Å². The Hall–Kier alpha value is -3.27. The van der Waals surface area contributed by atoms with Crippen LogP contribution in [-0.4, -0.2) is 19.5 Å². The van der Waals surface area contributed by atoms with E-state index in [0.29, 0.717) is 0 Å². The van der Waals surface area contributed by atoms with Gasteiger partial charge in [-0.15, -0.1) is 0 Å². The summed E-state index contributed by atoms with van der Waals surface area (Å²) in [6.07, 6.45) is 5.53. The van der Waals surface area contributed by atoms with Crippen molar-refractivity contribution in [3.05, 3.63) is 72.8 Å². The number of pyridine rings is 2. The first kappa shape index (κ1) is 15.9. The number of imidazole rings is 1. The normalized spacial score (nSPS) is 12.3. The summed E-state index contributed by atoms with van der Waals surface area (Å²) in [5, 5.41) is 2.10. The third-order valence-corrected chi connectivity index (χ3v) is 5.13. The summed E-state index contributed by atoms with van der Waals surface area (Å²) in [5.41, 5.74) is 6.38. The molecule has 2 aromatic carbocycles. The molecule has 0 saturated heterocycles. The monoisotopic (exact) mass is 352 g/mol. The molecule has 0 aliphatic heterocycles. The van der Waals surface area contributed by atoms with Gasteiger partial charge in [-0.3, -0.25) is 14.5 Å². The molecular weight excluding hydrogens is 332 g/mol. The maximum atomic E-state index is 4.74. The van der Waals surface area contributed by atoms with Gasteiger partial charge in [0.15, 0.2) is 0 Å². The Morgan fingerprint density at radius 2 is 1.33 bits per heavy atom. The van der Waals surface area contributed by atoms with Gasteiger partial charge in [-0.05, 0) is 47.4 Å². The Kier molecular flexibility index (Phi) is 3.31. The lowest BCUT2D eigenvalue weighted by molar-refractivity contribution is 0.590. The molecule has 5 aromatic rings. The van der Waals surface area contributed by atoms with Gasteiger partial charge in [0, 0.05) is 28.9 Å². The summed E-state index contributed by atoms with van der Waals surface area (Å²) in [6.45, 7) is 6.69. The number of aromatic nitrogens is 4. The second-order valence-electron chi connectivity index (χ2n) is 7.91. The third-order valence-electron chi connectivity index (χ3n) is 5.13. The standard InChI is InChI=1S/C23H20N4/c1-23(2,3)15-8-10-16(11-9-15)27-14-26-21-17-6-4-12-24-19(17)20-18(22(21)27)7-5-13-25-20/h4-14H,1-3H3. The van der Waals surface area contributed by atoms with Crippen LogP contribution in [0.2, 0.25) is 0 Å². The van der Waals surface area contributed by atoms with Crippen molar-refractivity contribution in [1.29, 1.82) is 0 Å². The minimum Gasteiger partial charge on any atom is -0.298 e. The van der Waals surface area contributed by atoms with Crippen LogP contribution in [0.25, 0.3) is 38.5 Å². The molecule has 3 aromatic heterocycles. The van der Waals surface area contributed by atoms with E-state index in [-0.39, 0.29) is 5.41 Å². The summed E-state index contributed by atoms with van der Waals surface area (Å²) >= 11 is 0. The fraction of sp³-hybridized carbons (Fsp3) is 0.174. The maximum absolute atomic E-state index is 4.74. The quantitative estimate of drug-likeness (QED) is 0.378. The molecule has 5 rings (SSSR count). The molecule has 27 heavy (non-hydrogen) atoms. The molecule has 4 nitrogen and oxygen atoms in total. The number of benzene rings is 2. The SMILES string of the molecule is CC(C)(C)c1ccc(-n2cnc3c4cccnc4c4ncccc4c32)cc1. The van der Waals surface area contributed by atoms with Gasteiger partial charge in [0.05, 0.1) is 22.1 Å². The highest BCUT2D eigenvalue weighted by Crippen LogP contribution is 2.33. The van der Waals surface area contributed by atoms with Crippen LogP contribution in [0.3, 0.4) is 0 Å². The fourth-order valence-electron chi connectivity index (χ4n) is 3.69. The molecule has 0 bridgehead atoms. The summed E-state index contributed by atoms with van der Waals surface area (Å²) in [6, 6.07) is 16.8. The molecule has 0 spiro atoms. The number of fused-ring (bicyclic) bond motifs is 6. The van der Waals surface area contributed by atoms with Gasteiger partial charge in [0.2, 0.25) is 0 Å². The maximum Gasteiger partial charge on any atom is 0.100 e. The van der Waals surface area contributed by atoms with E-state index in [4.69, 9.17) is 4.98 Å². The van der Waals surface area contributed by atoms with Crippen LogP contribution in [0.1, 0.15) is 26.3 Å². The molecule has 0 unspecified atom stereocenters. The van der Waals surface area contributed by atoms with E-state index in [1.165, 1.54) is 5.56 Å². The van der Waals surface area contributed by atoms with Crippen molar-refractivity contribution in [3.8, 4) is 5.69 Å². The zero-order valence-corrected chi connectivity index (χ0v) is 15.6. The third kappa shape index (κ3) is 2.40. The van der Waals surface area contributed by atoms with Crippen LogP contribution in [0.4, 0.5) is 0 Å². The summed E-state index contributed by atoms with van der Waals surface area (Å²) < 4.78 is 2.15. The molecule has 0 saturated carbocycles. The van der Waals surface area contributed by atoms with E-state index in [9.17, 15) is 0 Å². The van der Waals surface area contributed by atoms with E-state index >= 15 is 0 Å². The van der Waals surface area contributed by atoms with E-state index in [1.54, 1.807) is 0 Å². The second-order valence-corrected chi connectivity index (χ2v) is 7.91. The highest BCUT2D eigenvalue weighted by atomic mass is 15.1. The van der Waals surface area contributed by atoms with Crippen LogP contribution in [0.15, 0.2) is 67.3 Å². The lowest BCUT2D eigenvalue weighted by atomic mass is 9.87. The molecular formula is C23H20N4. The van der Waals surface area contributed by atoms with E-state index < -0.39 is 0 Å². The Balaban J connectivity index is 1.85. The highest BCUT2D eigenvalue weighted by molar-refractivity contribution is 6.20. The van der Waals surface area contributed by atoms with Crippen LogP contribution < -0.4 is 0 Å². The first-order valence-electron chi connectivity index (χ1n) is 9.13. The number of rotatable bonds is 1. The summed E-state index contributed by atoms with van der Waals surface area (Å²) in [7, 11) is 0. The molecule has 0 N–H and O–H groups in total. The predicted molar refractivity (Wildman–Crippen MR) is 110 cm³/mol. The van der Waals surface area contributed by atoms with Gasteiger partial charge in [-0.1, -0.05) is 32.9 Å². The van der Waals surface area contributed by atoms with Crippen molar-refractivity contribution >= 4 is 32.8 Å². The molecule has 0 radical (unpaired) electrons. The Morgan fingerprint density at radius 3 is 2.00 bits per heavy atom.